The minimum Gasteiger partial charge on any atom is -0.471 e. The molecule has 9 nitrogen and oxygen atoms in total. The number of halogens is 4. The molecule has 0 bridgehead atoms. The van der Waals surface area contributed by atoms with Crippen LogP contribution in [0.3, 0.4) is 0 Å². The molecule has 0 spiro atoms. The summed E-state index contributed by atoms with van der Waals surface area (Å²) in [7, 11) is 3.62. The number of aromatic nitrogens is 4. The van der Waals surface area contributed by atoms with Crippen LogP contribution in [0, 0.1) is 11.6 Å². The van der Waals surface area contributed by atoms with Crippen LogP contribution in [0.15, 0.2) is 64.2 Å². The molecule has 5 rings (SSSR count). The number of thiophene rings is 1. The van der Waals surface area contributed by atoms with Crippen LogP contribution in [-0.2, 0) is 13.1 Å². The molecule has 0 aliphatic carbocycles. The second-order valence-corrected chi connectivity index (χ2v) is 10.6. The number of hydrogen-bond donors (Lipinski definition) is 1. The normalized spacial score (nSPS) is 11.6. The van der Waals surface area contributed by atoms with Crippen LogP contribution in [-0.4, -0.2) is 51.4 Å². The fraction of sp³-hybridized carbons (Fsp3) is 0.214. The molecule has 42 heavy (non-hydrogen) atoms. The third-order valence-electron chi connectivity index (χ3n) is 6.31. The maximum atomic E-state index is 14.8. The van der Waals surface area contributed by atoms with Gasteiger partial charge < -0.3 is 15.4 Å². The molecule has 0 radical (unpaired) electrons. The van der Waals surface area contributed by atoms with E-state index in [2.05, 4.69) is 10.2 Å². The zero-order valence-electron chi connectivity index (χ0n) is 22.4. The van der Waals surface area contributed by atoms with Gasteiger partial charge in [-0.3, -0.25) is 9.36 Å². The molecule has 0 fully saturated rings. The summed E-state index contributed by atoms with van der Waals surface area (Å²) in [5.74, 6) is -2.19. The molecule has 2 aromatic carbocycles. The first-order valence-electron chi connectivity index (χ1n) is 12.5. The summed E-state index contributed by atoms with van der Waals surface area (Å²) >= 11 is 1.14. The Hall–Kier alpha value is -4.56. The highest BCUT2D eigenvalue weighted by Crippen LogP contribution is 2.38. The van der Waals surface area contributed by atoms with Crippen LogP contribution in [0.2, 0.25) is 0 Å². The SMILES string of the molecule is CN(C)Cc1c(-c2ccc(N)cc2)sc2c1c(=O)n(-c1ccc(OCC(F)F)nn1)c(=O)n2Cc1c(F)cccc1F. The van der Waals surface area contributed by atoms with Gasteiger partial charge >= 0.3 is 5.69 Å². The third kappa shape index (κ3) is 5.63. The standard InChI is InChI=1S/C28H24F4N6O3S/c1-36(2)12-18-24-26(39)38(22-10-11-23(35-34-22)41-14-21(31)32)28(40)37(13-17-19(29)4-3-5-20(17)30)27(24)42-25(18)15-6-8-16(33)9-7-15/h3-11,21H,12-14,33H2,1-2H3. The number of anilines is 1. The molecule has 0 saturated carbocycles. The predicted octanol–water partition coefficient (Wildman–Crippen LogP) is 4.29. The molecular weight excluding hydrogens is 576 g/mol. The largest absolute Gasteiger partial charge is 0.471 e. The average molecular weight is 601 g/mol. The fourth-order valence-electron chi connectivity index (χ4n) is 4.44. The van der Waals surface area contributed by atoms with Crippen molar-refractivity contribution in [3.8, 4) is 22.1 Å². The summed E-state index contributed by atoms with van der Waals surface area (Å²) in [5.41, 5.74) is 5.69. The van der Waals surface area contributed by atoms with E-state index in [9.17, 15) is 27.2 Å². The lowest BCUT2D eigenvalue weighted by atomic mass is 10.1. The van der Waals surface area contributed by atoms with Crippen molar-refractivity contribution < 1.29 is 22.3 Å². The number of hydrogen-bond acceptors (Lipinski definition) is 8. The van der Waals surface area contributed by atoms with Crippen molar-refractivity contribution in [3.63, 3.8) is 0 Å². The molecular formula is C28H24F4N6O3S. The van der Waals surface area contributed by atoms with E-state index >= 15 is 0 Å². The van der Waals surface area contributed by atoms with E-state index in [0.717, 1.165) is 38.2 Å². The number of benzene rings is 2. The zero-order chi connectivity index (χ0) is 30.1. The fourth-order valence-corrected chi connectivity index (χ4v) is 5.75. The van der Waals surface area contributed by atoms with Crippen molar-refractivity contribution in [2.75, 3.05) is 26.4 Å². The lowest BCUT2D eigenvalue weighted by Gasteiger charge is -2.14. The molecule has 0 saturated heterocycles. The number of fused-ring (bicyclic) bond motifs is 1. The van der Waals surface area contributed by atoms with Gasteiger partial charge in [0.2, 0.25) is 5.88 Å². The first kappa shape index (κ1) is 29.0. The molecule has 3 heterocycles. The van der Waals surface area contributed by atoms with Crippen molar-refractivity contribution in [2.24, 2.45) is 0 Å². The Morgan fingerprint density at radius 2 is 1.67 bits per heavy atom. The first-order chi connectivity index (χ1) is 20.0. The van der Waals surface area contributed by atoms with Crippen LogP contribution in [0.4, 0.5) is 23.2 Å². The summed E-state index contributed by atoms with van der Waals surface area (Å²) < 4.78 is 61.4. The molecule has 14 heteroatoms. The van der Waals surface area contributed by atoms with Crippen molar-refractivity contribution in [2.45, 2.75) is 19.5 Å². The molecule has 0 atom stereocenters. The summed E-state index contributed by atoms with van der Waals surface area (Å²) in [6.45, 7) is -1.16. The third-order valence-corrected chi connectivity index (χ3v) is 7.61. The molecule has 0 amide bonds. The number of nitrogens with two attached hydrogens (primary N) is 1. The number of ether oxygens (including phenoxy) is 1. The average Bonchev–Trinajstić information content (AvgIpc) is 3.31. The zero-order valence-corrected chi connectivity index (χ0v) is 23.2. The Balaban J connectivity index is 1.81. The second kappa shape index (κ2) is 11.7. The topological polar surface area (TPSA) is 108 Å². The van der Waals surface area contributed by atoms with Gasteiger partial charge in [-0.2, -0.15) is 0 Å². The Morgan fingerprint density at radius 1 is 0.976 bits per heavy atom. The first-order valence-corrected chi connectivity index (χ1v) is 13.4. The summed E-state index contributed by atoms with van der Waals surface area (Å²) in [6.07, 6.45) is -2.74. The summed E-state index contributed by atoms with van der Waals surface area (Å²) in [4.78, 5) is 30.7. The van der Waals surface area contributed by atoms with Gasteiger partial charge in [-0.05, 0) is 55.6 Å². The van der Waals surface area contributed by atoms with E-state index in [-0.39, 0.29) is 34.0 Å². The van der Waals surface area contributed by atoms with Gasteiger partial charge in [0.15, 0.2) is 12.4 Å². The summed E-state index contributed by atoms with van der Waals surface area (Å²) in [5, 5.41) is 7.73. The van der Waals surface area contributed by atoms with Gasteiger partial charge in [-0.1, -0.05) is 18.2 Å². The molecule has 2 N–H and O–H groups in total. The van der Waals surface area contributed by atoms with Crippen LogP contribution in [0.5, 0.6) is 5.88 Å². The van der Waals surface area contributed by atoms with E-state index in [0.29, 0.717) is 16.1 Å². The van der Waals surface area contributed by atoms with Gasteiger partial charge in [-0.15, -0.1) is 21.5 Å². The number of nitrogen functional groups attached to an aromatic ring is 1. The van der Waals surface area contributed by atoms with Gasteiger partial charge in [0.25, 0.3) is 12.0 Å². The minimum atomic E-state index is -2.74. The van der Waals surface area contributed by atoms with Crippen LogP contribution < -0.4 is 21.7 Å². The van der Waals surface area contributed by atoms with Gasteiger partial charge in [0.05, 0.1) is 11.9 Å². The van der Waals surface area contributed by atoms with Gasteiger partial charge in [0.1, 0.15) is 16.5 Å². The Bertz CT molecular complexity index is 1850. The van der Waals surface area contributed by atoms with E-state index in [4.69, 9.17) is 10.5 Å². The highest BCUT2D eigenvalue weighted by atomic mass is 32.1. The van der Waals surface area contributed by atoms with Crippen molar-refractivity contribution in [3.05, 3.63) is 98.2 Å². The monoisotopic (exact) mass is 600 g/mol. The predicted molar refractivity (Wildman–Crippen MR) is 151 cm³/mol. The maximum absolute atomic E-state index is 14.8. The molecule has 0 aliphatic rings. The number of alkyl halides is 2. The number of nitrogens with zero attached hydrogens (tertiary/aromatic N) is 5. The van der Waals surface area contributed by atoms with Crippen molar-refractivity contribution in [1.82, 2.24) is 24.2 Å². The Labute approximate surface area is 240 Å². The van der Waals surface area contributed by atoms with E-state index in [1.165, 1.54) is 18.2 Å². The molecule has 3 aromatic heterocycles. The highest BCUT2D eigenvalue weighted by Gasteiger charge is 2.25. The van der Waals surface area contributed by atoms with Crippen LogP contribution >= 0.6 is 11.3 Å². The molecule has 0 unspecified atom stereocenters. The van der Waals surface area contributed by atoms with Crippen LogP contribution in [0.1, 0.15) is 11.1 Å². The highest BCUT2D eigenvalue weighted by molar-refractivity contribution is 7.22. The second-order valence-electron chi connectivity index (χ2n) is 9.59. The maximum Gasteiger partial charge on any atom is 0.338 e. The van der Waals surface area contributed by atoms with Crippen molar-refractivity contribution >= 4 is 27.2 Å². The lowest BCUT2D eigenvalue weighted by molar-refractivity contribution is 0.0791. The van der Waals surface area contributed by atoms with E-state index in [1.807, 2.05) is 19.0 Å². The Morgan fingerprint density at radius 3 is 2.26 bits per heavy atom. The van der Waals surface area contributed by atoms with Crippen LogP contribution in [0.25, 0.3) is 26.5 Å². The lowest BCUT2D eigenvalue weighted by Crippen LogP contribution is -2.39. The van der Waals surface area contributed by atoms with Crippen molar-refractivity contribution in [1.29, 1.82) is 0 Å². The quantitative estimate of drug-likeness (QED) is 0.199. The molecule has 0 aliphatic heterocycles. The smallest absolute Gasteiger partial charge is 0.338 e. The Kier molecular flexibility index (Phi) is 8.09. The number of rotatable bonds is 9. The van der Waals surface area contributed by atoms with E-state index in [1.54, 1.807) is 24.3 Å². The van der Waals surface area contributed by atoms with Gasteiger partial charge in [0, 0.05) is 28.7 Å². The van der Waals surface area contributed by atoms with E-state index < -0.39 is 42.5 Å². The minimum absolute atomic E-state index is 0.150. The summed E-state index contributed by atoms with van der Waals surface area (Å²) in [6, 6.07) is 12.7. The molecule has 5 aromatic rings. The van der Waals surface area contributed by atoms with Gasteiger partial charge in [-0.25, -0.2) is 26.9 Å². The molecule has 218 valence electrons.